The number of hydrogen-bond acceptors (Lipinski definition) is 3. The van der Waals surface area contributed by atoms with Crippen molar-refractivity contribution in [1.82, 2.24) is 4.90 Å². The SMILES string of the molecule is O=C1Cc2ccc(F)cc2N(C2CCN(C3CCCCCCC3)CC2)C1=O. The summed E-state index contributed by atoms with van der Waals surface area (Å²) in [5.41, 5.74) is 1.37. The Morgan fingerprint density at radius 2 is 1.52 bits per heavy atom. The van der Waals surface area contributed by atoms with E-state index < -0.39 is 5.91 Å². The Balaban J connectivity index is 1.46. The zero-order valence-corrected chi connectivity index (χ0v) is 16.0. The molecule has 2 heterocycles. The smallest absolute Gasteiger partial charge is 0.294 e. The number of benzene rings is 1. The highest BCUT2D eigenvalue weighted by Gasteiger charge is 2.38. The third kappa shape index (κ3) is 3.93. The largest absolute Gasteiger partial charge is 0.302 e. The number of likely N-dealkylation sites (tertiary alicyclic amines) is 1. The van der Waals surface area contributed by atoms with Crippen molar-refractivity contribution in [3.63, 3.8) is 0 Å². The van der Waals surface area contributed by atoms with Gasteiger partial charge in [0.15, 0.2) is 0 Å². The molecule has 146 valence electrons. The van der Waals surface area contributed by atoms with Crippen molar-refractivity contribution in [2.45, 2.75) is 76.3 Å². The zero-order chi connectivity index (χ0) is 18.8. The molecule has 0 spiro atoms. The van der Waals surface area contributed by atoms with Crippen LogP contribution in [0, 0.1) is 5.82 Å². The van der Waals surface area contributed by atoms with Gasteiger partial charge in [0.05, 0.1) is 5.69 Å². The summed E-state index contributed by atoms with van der Waals surface area (Å²) in [5.74, 6) is -1.19. The molecule has 1 aliphatic carbocycles. The normalized spacial score (nSPS) is 23.8. The van der Waals surface area contributed by atoms with Crippen molar-refractivity contribution in [3.8, 4) is 0 Å². The number of piperidine rings is 1. The van der Waals surface area contributed by atoms with Gasteiger partial charge in [-0.2, -0.15) is 0 Å². The Morgan fingerprint density at radius 3 is 2.22 bits per heavy atom. The third-order valence-corrected chi connectivity index (χ3v) is 6.57. The molecular formula is C22H29FN2O2. The average molecular weight is 372 g/mol. The van der Waals surface area contributed by atoms with Crippen molar-refractivity contribution in [2.75, 3.05) is 18.0 Å². The molecule has 0 atom stereocenters. The fourth-order valence-electron chi connectivity index (χ4n) is 5.07. The summed E-state index contributed by atoms with van der Waals surface area (Å²) >= 11 is 0. The van der Waals surface area contributed by atoms with E-state index in [-0.39, 0.29) is 24.1 Å². The first-order valence-electron chi connectivity index (χ1n) is 10.5. The standard InChI is InChI=1S/C22H29FN2O2/c23-17-9-8-16-14-21(26)22(27)25(20(16)15-17)19-10-12-24(13-11-19)18-6-4-2-1-3-5-7-18/h8-9,15,18-19H,1-7,10-14H2. The van der Waals surface area contributed by atoms with E-state index in [0.717, 1.165) is 31.5 Å². The van der Waals surface area contributed by atoms with Gasteiger partial charge < -0.3 is 9.80 Å². The number of halogens is 1. The van der Waals surface area contributed by atoms with Gasteiger partial charge in [-0.25, -0.2) is 4.39 Å². The maximum atomic E-state index is 13.8. The van der Waals surface area contributed by atoms with Crippen LogP contribution in [-0.2, 0) is 16.0 Å². The molecule has 0 radical (unpaired) electrons. The van der Waals surface area contributed by atoms with Crippen LogP contribution in [0.2, 0.25) is 0 Å². The van der Waals surface area contributed by atoms with Crippen molar-refractivity contribution in [3.05, 3.63) is 29.6 Å². The minimum Gasteiger partial charge on any atom is -0.302 e. The number of hydrogen-bond donors (Lipinski definition) is 0. The molecule has 4 nitrogen and oxygen atoms in total. The molecule has 4 rings (SSSR count). The van der Waals surface area contributed by atoms with E-state index in [9.17, 15) is 14.0 Å². The summed E-state index contributed by atoms with van der Waals surface area (Å²) in [4.78, 5) is 29.0. The lowest BCUT2D eigenvalue weighted by Crippen LogP contribution is -2.53. The number of carbonyl (C=O) groups is 2. The lowest BCUT2D eigenvalue weighted by molar-refractivity contribution is -0.136. The number of rotatable bonds is 2. The van der Waals surface area contributed by atoms with Crippen LogP contribution in [0.1, 0.15) is 63.4 Å². The molecule has 1 aromatic rings. The number of fused-ring (bicyclic) bond motifs is 1. The van der Waals surface area contributed by atoms with Crippen LogP contribution in [0.15, 0.2) is 18.2 Å². The summed E-state index contributed by atoms with van der Waals surface area (Å²) < 4.78 is 13.8. The van der Waals surface area contributed by atoms with Crippen LogP contribution >= 0.6 is 0 Å². The Bertz CT molecular complexity index is 704. The van der Waals surface area contributed by atoms with E-state index in [0.29, 0.717) is 11.7 Å². The molecule has 27 heavy (non-hydrogen) atoms. The Hall–Kier alpha value is -1.75. The first-order valence-corrected chi connectivity index (χ1v) is 10.5. The van der Waals surface area contributed by atoms with Gasteiger partial charge in [-0.3, -0.25) is 9.59 Å². The van der Waals surface area contributed by atoms with E-state index in [1.54, 1.807) is 11.0 Å². The molecule has 1 aromatic carbocycles. The highest BCUT2D eigenvalue weighted by molar-refractivity contribution is 6.43. The molecule has 0 N–H and O–H groups in total. The summed E-state index contributed by atoms with van der Waals surface area (Å²) in [7, 11) is 0. The number of amides is 1. The van der Waals surface area contributed by atoms with Gasteiger partial charge >= 0.3 is 0 Å². The van der Waals surface area contributed by atoms with Gasteiger partial charge in [-0.1, -0.05) is 38.2 Å². The van der Waals surface area contributed by atoms with Crippen LogP contribution in [0.5, 0.6) is 0 Å². The van der Waals surface area contributed by atoms with E-state index >= 15 is 0 Å². The van der Waals surface area contributed by atoms with E-state index in [4.69, 9.17) is 0 Å². The van der Waals surface area contributed by atoms with E-state index in [2.05, 4.69) is 4.90 Å². The average Bonchev–Trinajstić information content (AvgIpc) is 2.64. The highest BCUT2D eigenvalue weighted by atomic mass is 19.1. The first-order chi connectivity index (χ1) is 13.1. The molecule has 2 fully saturated rings. The van der Waals surface area contributed by atoms with Crippen LogP contribution in [-0.4, -0.2) is 41.8 Å². The van der Waals surface area contributed by atoms with Gasteiger partial charge in [0.1, 0.15) is 5.82 Å². The van der Waals surface area contributed by atoms with Crippen molar-refractivity contribution in [1.29, 1.82) is 0 Å². The molecule has 1 saturated heterocycles. The fraction of sp³-hybridized carbons (Fsp3) is 0.636. The maximum Gasteiger partial charge on any atom is 0.294 e. The predicted molar refractivity (Wildman–Crippen MR) is 103 cm³/mol. The maximum absolute atomic E-state index is 13.8. The van der Waals surface area contributed by atoms with Crippen LogP contribution < -0.4 is 4.90 Å². The molecule has 3 aliphatic rings. The number of anilines is 1. The molecule has 0 unspecified atom stereocenters. The molecule has 5 heteroatoms. The van der Waals surface area contributed by atoms with Gasteiger partial charge in [-0.15, -0.1) is 0 Å². The minimum absolute atomic E-state index is 0.00731. The molecule has 0 aromatic heterocycles. The molecule has 0 bridgehead atoms. The quantitative estimate of drug-likeness (QED) is 0.740. The second kappa shape index (κ2) is 8.09. The molecule has 2 aliphatic heterocycles. The predicted octanol–water partition coefficient (Wildman–Crippen LogP) is 3.86. The molecular weight excluding hydrogens is 343 g/mol. The third-order valence-electron chi connectivity index (χ3n) is 6.57. The van der Waals surface area contributed by atoms with Gasteiger partial charge in [0.2, 0.25) is 5.78 Å². The Morgan fingerprint density at radius 1 is 0.852 bits per heavy atom. The summed E-state index contributed by atoms with van der Waals surface area (Å²) in [6.07, 6.45) is 11.0. The van der Waals surface area contributed by atoms with Gasteiger partial charge in [-0.05, 0) is 43.4 Å². The van der Waals surface area contributed by atoms with Crippen molar-refractivity contribution in [2.24, 2.45) is 0 Å². The van der Waals surface area contributed by atoms with Crippen LogP contribution in [0.4, 0.5) is 10.1 Å². The van der Waals surface area contributed by atoms with E-state index in [1.165, 1.54) is 57.1 Å². The van der Waals surface area contributed by atoms with Crippen LogP contribution in [0.25, 0.3) is 0 Å². The number of nitrogens with zero attached hydrogens (tertiary/aromatic N) is 2. The summed E-state index contributed by atoms with van der Waals surface area (Å²) in [5, 5.41) is 0. The summed E-state index contributed by atoms with van der Waals surface area (Å²) in [6, 6.07) is 5.09. The lowest BCUT2D eigenvalue weighted by Gasteiger charge is -2.43. The lowest BCUT2D eigenvalue weighted by atomic mass is 9.91. The number of carbonyl (C=O) groups excluding carboxylic acids is 2. The van der Waals surface area contributed by atoms with Crippen LogP contribution in [0.3, 0.4) is 0 Å². The minimum atomic E-state index is -0.461. The van der Waals surface area contributed by atoms with Crippen molar-refractivity contribution >= 4 is 17.4 Å². The second-order valence-corrected chi connectivity index (χ2v) is 8.31. The highest BCUT2D eigenvalue weighted by Crippen LogP contribution is 2.33. The fourth-order valence-corrected chi connectivity index (χ4v) is 5.07. The van der Waals surface area contributed by atoms with Crippen molar-refractivity contribution < 1.29 is 14.0 Å². The number of ketones is 1. The van der Waals surface area contributed by atoms with E-state index in [1.807, 2.05) is 0 Å². The molecule has 1 saturated carbocycles. The zero-order valence-electron chi connectivity index (χ0n) is 16.0. The Labute approximate surface area is 160 Å². The van der Waals surface area contributed by atoms with Gasteiger partial charge in [0, 0.05) is 31.6 Å². The molecule has 1 amide bonds. The summed E-state index contributed by atoms with van der Waals surface area (Å²) in [6.45, 7) is 1.91. The van der Waals surface area contributed by atoms with Gasteiger partial charge in [0.25, 0.3) is 5.91 Å². The second-order valence-electron chi connectivity index (χ2n) is 8.31. The first kappa shape index (κ1) is 18.6. The number of Topliss-reactive ketones (excluding diaryl/α,β-unsaturated/α-hetero) is 1. The topological polar surface area (TPSA) is 40.6 Å². The Kier molecular flexibility index (Phi) is 5.58. The monoisotopic (exact) mass is 372 g/mol.